The summed E-state index contributed by atoms with van der Waals surface area (Å²) >= 11 is 1.61. The van der Waals surface area contributed by atoms with E-state index >= 15 is 0 Å². The maximum Gasteiger partial charge on any atom is 0.185 e. The number of thiazole rings is 1. The number of halogens is 1. The van der Waals surface area contributed by atoms with Gasteiger partial charge in [0.15, 0.2) is 5.13 Å². The summed E-state index contributed by atoms with van der Waals surface area (Å²) in [4.78, 5) is 6.79. The number of hydrogen-bond acceptors (Lipinski definition) is 4. The first-order valence-corrected chi connectivity index (χ1v) is 7.14. The predicted octanol–water partition coefficient (Wildman–Crippen LogP) is 3.17. The molecule has 1 fully saturated rings. The quantitative estimate of drug-likeness (QED) is 0.862. The van der Waals surface area contributed by atoms with E-state index in [-0.39, 0.29) is 5.82 Å². The minimum absolute atomic E-state index is 0.223. The molecular weight excluding hydrogens is 263 g/mol. The molecule has 0 saturated carbocycles. The van der Waals surface area contributed by atoms with Crippen LogP contribution in [0, 0.1) is 5.82 Å². The highest BCUT2D eigenvalue weighted by Gasteiger charge is 2.22. The second kappa shape index (κ2) is 5.27. The van der Waals surface area contributed by atoms with Gasteiger partial charge < -0.3 is 9.64 Å². The molecule has 0 amide bonds. The first-order chi connectivity index (χ1) is 9.24. The normalized spacial score (nSPS) is 18.7. The summed E-state index contributed by atoms with van der Waals surface area (Å²) in [6, 6.07) is 6.85. The van der Waals surface area contributed by atoms with E-state index in [1.165, 1.54) is 12.1 Å². The van der Waals surface area contributed by atoms with Crippen molar-refractivity contribution in [2.24, 2.45) is 0 Å². The Morgan fingerprint density at radius 2 is 2.16 bits per heavy atom. The van der Waals surface area contributed by atoms with E-state index in [2.05, 4.69) is 9.88 Å². The van der Waals surface area contributed by atoms with Crippen molar-refractivity contribution in [2.45, 2.75) is 12.5 Å². The first-order valence-electron chi connectivity index (χ1n) is 6.26. The van der Waals surface area contributed by atoms with Crippen molar-refractivity contribution in [1.82, 2.24) is 4.98 Å². The number of anilines is 1. The van der Waals surface area contributed by atoms with Gasteiger partial charge in [0.1, 0.15) is 5.82 Å². The molecule has 2 heterocycles. The molecule has 2 aromatic rings. The zero-order valence-electron chi connectivity index (χ0n) is 10.7. The molecule has 1 saturated heterocycles. The number of nitrogens with zero attached hydrogens (tertiary/aromatic N) is 2. The Balaban J connectivity index is 1.80. The van der Waals surface area contributed by atoms with Crippen molar-refractivity contribution in [3.05, 3.63) is 35.5 Å². The van der Waals surface area contributed by atoms with Crippen LogP contribution in [0.15, 0.2) is 29.6 Å². The van der Waals surface area contributed by atoms with Gasteiger partial charge in [0, 0.05) is 24.6 Å². The molecule has 0 N–H and O–H groups in total. The average Bonchev–Trinajstić information content (AvgIpc) is 3.10. The van der Waals surface area contributed by atoms with Gasteiger partial charge >= 0.3 is 0 Å². The molecular formula is C14H15FN2OS. The maximum atomic E-state index is 12.9. The fourth-order valence-corrected chi connectivity index (χ4v) is 3.04. The van der Waals surface area contributed by atoms with Crippen LogP contribution >= 0.6 is 11.3 Å². The Bertz CT molecular complexity index is 549. The van der Waals surface area contributed by atoms with E-state index in [0.717, 1.165) is 36.0 Å². The Hall–Kier alpha value is -1.46. The van der Waals surface area contributed by atoms with Crippen molar-refractivity contribution in [1.29, 1.82) is 0 Å². The molecule has 19 heavy (non-hydrogen) atoms. The molecule has 0 radical (unpaired) electrons. The second-order valence-electron chi connectivity index (χ2n) is 4.65. The maximum absolute atomic E-state index is 12.9. The van der Waals surface area contributed by atoms with Crippen LogP contribution < -0.4 is 4.90 Å². The van der Waals surface area contributed by atoms with Gasteiger partial charge in [0.2, 0.25) is 0 Å². The monoisotopic (exact) mass is 278 g/mol. The predicted molar refractivity (Wildman–Crippen MR) is 75.1 cm³/mol. The molecule has 1 aromatic carbocycles. The Morgan fingerprint density at radius 1 is 1.37 bits per heavy atom. The Morgan fingerprint density at radius 3 is 2.84 bits per heavy atom. The molecule has 100 valence electrons. The fourth-order valence-electron chi connectivity index (χ4n) is 2.16. The molecule has 0 spiro atoms. The zero-order chi connectivity index (χ0) is 13.2. The third kappa shape index (κ3) is 2.62. The Kier molecular flexibility index (Phi) is 3.48. The van der Waals surface area contributed by atoms with E-state index in [9.17, 15) is 4.39 Å². The lowest BCUT2D eigenvalue weighted by molar-refractivity contribution is 0.193. The zero-order valence-corrected chi connectivity index (χ0v) is 11.5. The van der Waals surface area contributed by atoms with Gasteiger partial charge in [0.25, 0.3) is 0 Å². The van der Waals surface area contributed by atoms with E-state index in [4.69, 9.17) is 4.74 Å². The van der Waals surface area contributed by atoms with Gasteiger partial charge in [-0.05, 0) is 30.7 Å². The largest absolute Gasteiger partial charge is 0.379 e. The minimum atomic E-state index is -0.223. The van der Waals surface area contributed by atoms with E-state index in [1.54, 1.807) is 23.5 Å². The minimum Gasteiger partial charge on any atom is -0.379 e. The highest BCUT2D eigenvalue weighted by Crippen LogP contribution is 2.29. The highest BCUT2D eigenvalue weighted by molar-refractivity contribution is 7.14. The van der Waals surface area contributed by atoms with Crippen molar-refractivity contribution < 1.29 is 9.13 Å². The van der Waals surface area contributed by atoms with Crippen molar-refractivity contribution in [3.8, 4) is 11.3 Å². The lowest BCUT2D eigenvalue weighted by Gasteiger charge is -2.21. The molecule has 1 aliphatic heterocycles. The van der Waals surface area contributed by atoms with Crippen molar-refractivity contribution >= 4 is 16.5 Å². The molecule has 3 rings (SSSR count). The summed E-state index contributed by atoms with van der Waals surface area (Å²) in [6.45, 7) is 1.59. The Labute approximate surface area is 115 Å². The molecule has 1 aromatic heterocycles. The third-order valence-corrected chi connectivity index (χ3v) is 4.32. The van der Waals surface area contributed by atoms with E-state index in [0.29, 0.717) is 6.04 Å². The van der Waals surface area contributed by atoms with Crippen LogP contribution in [0.1, 0.15) is 6.42 Å². The molecule has 1 unspecified atom stereocenters. The van der Waals surface area contributed by atoms with Gasteiger partial charge in [-0.2, -0.15) is 0 Å². The molecule has 0 aliphatic carbocycles. The fraction of sp³-hybridized carbons (Fsp3) is 0.357. The van der Waals surface area contributed by atoms with Crippen LogP contribution in [-0.4, -0.2) is 31.3 Å². The number of benzene rings is 1. The van der Waals surface area contributed by atoms with Crippen LogP contribution in [0.3, 0.4) is 0 Å². The third-order valence-electron chi connectivity index (χ3n) is 3.39. The van der Waals surface area contributed by atoms with Gasteiger partial charge in [0.05, 0.1) is 18.3 Å². The topological polar surface area (TPSA) is 25.4 Å². The molecule has 1 atom stereocenters. The molecule has 1 aliphatic rings. The van der Waals surface area contributed by atoms with Crippen LogP contribution in [-0.2, 0) is 4.74 Å². The van der Waals surface area contributed by atoms with Gasteiger partial charge in [-0.1, -0.05) is 0 Å². The number of aromatic nitrogens is 1. The number of ether oxygens (including phenoxy) is 1. The second-order valence-corrected chi connectivity index (χ2v) is 5.49. The van der Waals surface area contributed by atoms with Crippen LogP contribution in [0.5, 0.6) is 0 Å². The summed E-state index contributed by atoms with van der Waals surface area (Å²) in [5, 5.41) is 2.99. The van der Waals surface area contributed by atoms with Crippen molar-refractivity contribution in [3.63, 3.8) is 0 Å². The van der Waals surface area contributed by atoms with Crippen LogP contribution in [0.4, 0.5) is 9.52 Å². The highest BCUT2D eigenvalue weighted by atomic mass is 32.1. The molecule has 0 bridgehead atoms. The van der Waals surface area contributed by atoms with Gasteiger partial charge in [-0.3, -0.25) is 0 Å². The average molecular weight is 278 g/mol. The lowest BCUT2D eigenvalue weighted by Crippen LogP contribution is -2.31. The van der Waals surface area contributed by atoms with Crippen LogP contribution in [0.25, 0.3) is 11.3 Å². The van der Waals surface area contributed by atoms with Crippen molar-refractivity contribution in [2.75, 3.05) is 25.2 Å². The summed E-state index contributed by atoms with van der Waals surface area (Å²) in [5.41, 5.74) is 1.84. The standard InChI is InChI=1S/C14H15FN2OS/c1-17(12-6-7-18-8-12)14-16-13(9-19-14)10-2-4-11(15)5-3-10/h2-5,9,12H,6-8H2,1H3. The lowest BCUT2D eigenvalue weighted by atomic mass is 10.2. The summed E-state index contributed by atoms with van der Waals surface area (Å²) in [5.74, 6) is -0.223. The number of hydrogen-bond donors (Lipinski definition) is 0. The first kappa shape index (κ1) is 12.6. The molecule has 3 nitrogen and oxygen atoms in total. The SMILES string of the molecule is CN(c1nc(-c2ccc(F)cc2)cs1)C1CCOC1. The number of rotatable bonds is 3. The van der Waals surface area contributed by atoms with Crippen LogP contribution in [0.2, 0.25) is 0 Å². The number of likely N-dealkylation sites (N-methyl/N-ethyl adjacent to an activating group) is 1. The summed E-state index contributed by atoms with van der Waals surface area (Å²) in [7, 11) is 2.05. The van der Waals surface area contributed by atoms with Gasteiger partial charge in [-0.15, -0.1) is 11.3 Å². The van der Waals surface area contributed by atoms with E-state index in [1.807, 2.05) is 12.4 Å². The smallest absolute Gasteiger partial charge is 0.185 e. The summed E-state index contributed by atoms with van der Waals surface area (Å²) < 4.78 is 18.3. The van der Waals surface area contributed by atoms with Gasteiger partial charge in [-0.25, -0.2) is 9.37 Å². The molecule has 5 heteroatoms. The van der Waals surface area contributed by atoms with E-state index < -0.39 is 0 Å². The summed E-state index contributed by atoms with van der Waals surface area (Å²) in [6.07, 6.45) is 1.04.